The molecule has 0 unspecified atom stereocenters. The number of hydrogen-bond acceptors (Lipinski definition) is 2. The van der Waals surface area contributed by atoms with Gasteiger partial charge >= 0.3 is 6.18 Å². The maximum Gasteiger partial charge on any atom is 0.393 e. The zero-order valence-electron chi connectivity index (χ0n) is 6.81. The van der Waals surface area contributed by atoms with Crippen LogP contribution in [0.3, 0.4) is 0 Å². The van der Waals surface area contributed by atoms with Crippen molar-refractivity contribution in [1.82, 2.24) is 4.98 Å². The number of rotatable bonds is 2. The van der Waals surface area contributed by atoms with E-state index in [0.29, 0.717) is 10.8 Å². The summed E-state index contributed by atoms with van der Waals surface area (Å²) in [6, 6.07) is 1.24. The van der Waals surface area contributed by atoms with E-state index in [4.69, 9.17) is 0 Å². The molecule has 6 heteroatoms. The molecule has 1 heterocycles. The molecule has 76 valence electrons. The Kier molecular flexibility index (Phi) is 3.25. The minimum Gasteiger partial charge on any atom is -0.296 e. The predicted octanol–water partition coefficient (Wildman–Crippen LogP) is 2.76. The fourth-order valence-electron chi connectivity index (χ4n) is 0.955. The van der Waals surface area contributed by atoms with Gasteiger partial charge in [-0.15, -0.1) is 0 Å². The first-order valence-electron chi connectivity index (χ1n) is 3.59. The molecule has 0 amide bonds. The largest absolute Gasteiger partial charge is 0.393 e. The highest BCUT2D eigenvalue weighted by molar-refractivity contribution is 9.10. The summed E-state index contributed by atoms with van der Waals surface area (Å²) in [4.78, 5) is 13.9. The Hall–Kier alpha value is -0.910. The van der Waals surface area contributed by atoms with E-state index < -0.39 is 12.6 Å². The number of carbonyl (C=O) groups excluding carboxylic acids is 1. The minimum absolute atomic E-state index is 0.123. The van der Waals surface area contributed by atoms with Gasteiger partial charge in [-0.25, -0.2) is 0 Å². The number of carbonyl (C=O) groups is 1. The number of hydrogen-bond donors (Lipinski definition) is 0. The van der Waals surface area contributed by atoms with E-state index in [2.05, 4.69) is 20.9 Å². The average molecular weight is 268 g/mol. The molecule has 1 aromatic heterocycles. The van der Waals surface area contributed by atoms with Crippen molar-refractivity contribution in [3.63, 3.8) is 0 Å². The Balaban J connectivity index is 3.05. The van der Waals surface area contributed by atoms with Gasteiger partial charge in [0, 0.05) is 10.7 Å². The van der Waals surface area contributed by atoms with Crippen LogP contribution in [-0.2, 0) is 6.42 Å². The lowest BCUT2D eigenvalue weighted by molar-refractivity contribution is -0.127. The first-order valence-corrected chi connectivity index (χ1v) is 4.38. The molecule has 0 bridgehead atoms. The van der Waals surface area contributed by atoms with E-state index >= 15 is 0 Å². The van der Waals surface area contributed by atoms with Crippen molar-refractivity contribution in [2.24, 2.45) is 0 Å². The van der Waals surface area contributed by atoms with Crippen LogP contribution >= 0.6 is 15.9 Å². The second-order valence-corrected chi connectivity index (χ2v) is 3.52. The van der Waals surface area contributed by atoms with Gasteiger partial charge in [0.1, 0.15) is 5.69 Å². The third kappa shape index (κ3) is 3.10. The number of aldehydes is 1. The maximum atomic E-state index is 12.0. The normalized spacial score (nSPS) is 11.4. The number of pyridine rings is 1. The lowest BCUT2D eigenvalue weighted by Crippen LogP contribution is -2.13. The molecule has 0 atom stereocenters. The molecule has 0 aliphatic rings. The van der Waals surface area contributed by atoms with Crippen molar-refractivity contribution < 1.29 is 18.0 Å². The van der Waals surface area contributed by atoms with Crippen molar-refractivity contribution >= 4 is 22.2 Å². The molecule has 0 saturated carbocycles. The van der Waals surface area contributed by atoms with Crippen molar-refractivity contribution in [1.29, 1.82) is 0 Å². The lowest BCUT2D eigenvalue weighted by atomic mass is 10.1. The van der Waals surface area contributed by atoms with Gasteiger partial charge in [-0.05, 0) is 27.6 Å². The second kappa shape index (κ2) is 4.08. The van der Waals surface area contributed by atoms with Crippen molar-refractivity contribution in [3.05, 3.63) is 28.0 Å². The van der Waals surface area contributed by atoms with Gasteiger partial charge in [0.25, 0.3) is 0 Å². The SMILES string of the molecule is O=Cc1ncc(Br)cc1CC(F)(F)F. The van der Waals surface area contributed by atoms with Gasteiger partial charge in [-0.1, -0.05) is 0 Å². The first kappa shape index (κ1) is 11.2. The van der Waals surface area contributed by atoms with Gasteiger partial charge in [-0.2, -0.15) is 13.2 Å². The number of nitrogens with zero attached hydrogens (tertiary/aromatic N) is 1. The van der Waals surface area contributed by atoms with Crippen LogP contribution in [0.25, 0.3) is 0 Å². The zero-order valence-corrected chi connectivity index (χ0v) is 8.39. The number of alkyl halides is 3. The van der Waals surface area contributed by atoms with Crippen LogP contribution in [0, 0.1) is 0 Å². The molecule has 0 aromatic carbocycles. The first-order chi connectivity index (χ1) is 6.42. The van der Waals surface area contributed by atoms with E-state index in [1.807, 2.05) is 0 Å². The van der Waals surface area contributed by atoms with E-state index in [1.54, 1.807) is 0 Å². The van der Waals surface area contributed by atoms with Gasteiger partial charge in [0.2, 0.25) is 0 Å². The summed E-state index contributed by atoms with van der Waals surface area (Å²) in [5, 5.41) is 0. The van der Waals surface area contributed by atoms with E-state index in [1.165, 1.54) is 12.3 Å². The van der Waals surface area contributed by atoms with Crippen molar-refractivity contribution in [2.45, 2.75) is 12.6 Å². The highest BCUT2D eigenvalue weighted by Gasteiger charge is 2.29. The molecule has 14 heavy (non-hydrogen) atoms. The Morgan fingerprint density at radius 3 is 2.64 bits per heavy atom. The summed E-state index contributed by atoms with van der Waals surface area (Å²) in [6.07, 6.45) is -3.88. The van der Waals surface area contributed by atoms with Crippen LogP contribution in [0.15, 0.2) is 16.7 Å². The van der Waals surface area contributed by atoms with Crippen LogP contribution in [0.1, 0.15) is 16.1 Å². The van der Waals surface area contributed by atoms with Gasteiger partial charge < -0.3 is 0 Å². The predicted molar refractivity (Wildman–Crippen MR) is 47.1 cm³/mol. The van der Waals surface area contributed by atoms with Gasteiger partial charge in [-0.3, -0.25) is 9.78 Å². The molecule has 1 aromatic rings. The quantitative estimate of drug-likeness (QED) is 0.772. The number of halogens is 4. The summed E-state index contributed by atoms with van der Waals surface area (Å²) in [5.74, 6) is 0. The smallest absolute Gasteiger partial charge is 0.296 e. The van der Waals surface area contributed by atoms with E-state index in [-0.39, 0.29) is 11.3 Å². The molecule has 1 rings (SSSR count). The highest BCUT2D eigenvalue weighted by Crippen LogP contribution is 2.24. The summed E-state index contributed by atoms with van der Waals surface area (Å²) in [7, 11) is 0. The van der Waals surface area contributed by atoms with Crippen LogP contribution < -0.4 is 0 Å². The third-order valence-electron chi connectivity index (χ3n) is 1.47. The Labute approximate surface area is 86.3 Å². The molecule has 0 aliphatic heterocycles. The minimum atomic E-state index is -4.33. The molecular weight excluding hydrogens is 263 g/mol. The van der Waals surface area contributed by atoms with Crippen LogP contribution in [-0.4, -0.2) is 17.4 Å². The van der Waals surface area contributed by atoms with Crippen molar-refractivity contribution in [2.75, 3.05) is 0 Å². The molecule has 0 aliphatic carbocycles. The topological polar surface area (TPSA) is 30.0 Å². The molecular formula is C8H5BrF3NO. The van der Waals surface area contributed by atoms with Gasteiger partial charge in [0.05, 0.1) is 6.42 Å². The summed E-state index contributed by atoms with van der Waals surface area (Å²) in [5.41, 5.74) is -0.299. The van der Waals surface area contributed by atoms with E-state index in [9.17, 15) is 18.0 Å². The van der Waals surface area contributed by atoms with E-state index in [0.717, 1.165) is 0 Å². The third-order valence-corrected chi connectivity index (χ3v) is 1.90. The summed E-state index contributed by atoms with van der Waals surface area (Å²) >= 11 is 2.99. The number of aromatic nitrogens is 1. The van der Waals surface area contributed by atoms with Crippen LogP contribution in [0.4, 0.5) is 13.2 Å². The summed E-state index contributed by atoms with van der Waals surface area (Å²) < 4.78 is 36.5. The molecule has 0 saturated heterocycles. The standard InChI is InChI=1S/C8H5BrF3NO/c9-6-1-5(2-8(10,11)12)7(4-14)13-3-6/h1,3-4H,2H2. The average Bonchev–Trinajstić information content (AvgIpc) is 2.01. The van der Waals surface area contributed by atoms with Gasteiger partial charge in [0.15, 0.2) is 6.29 Å². The molecule has 0 spiro atoms. The van der Waals surface area contributed by atoms with Crippen molar-refractivity contribution in [3.8, 4) is 0 Å². The Bertz CT molecular complexity index is 351. The van der Waals surface area contributed by atoms with Crippen LogP contribution in [0.2, 0.25) is 0 Å². The molecule has 2 nitrogen and oxygen atoms in total. The monoisotopic (exact) mass is 267 g/mol. The van der Waals surface area contributed by atoms with Crippen LogP contribution in [0.5, 0.6) is 0 Å². The maximum absolute atomic E-state index is 12.0. The Morgan fingerprint density at radius 2 is 2.14 bits per heavy atom. The molecule has 0 N–H and O–H groups in total. The highest BCUT2D eigenvalue weighted by atomic mass is 79.9. The lowest BCUT2D eigenvalue weighted by Gasteiger charge is -2.07. The zero-order chi connectivity index (χ0) is 10.8. The fraction of sp³-hybridized carbons (Fsp3) is 0.250. The fourth-order valence-corrected chi connectivity index (χ4v) is 1.33. The molecule has 0 radical (unpaired) electrons. The summed E-state index contributed by atoms with van der Waals surface area (Å²) in [6.45, 7) is 0. The Morgan fingerprint density at radius 1 is 1.50 bits per heavy atom. The second-order valence-electron chi connectivity index (χ2n) is 2.61. The molecule has 0 fully saturated rings.